The summed E-state index contributed by atoms with van der Waals surface area (Å²) in [4.78, 5) is 15.5. The smallest absolute Gasteiger partial charge is 0.337 e. The van der Waals surface area contributed by atoms with Crippen LogP contribution in [0.4, 0.5) is 0 Å². The fourth-order valence-electron chi connectivity index (χ4n) is 2.75. The lowest BCUT2D eigenvalue weighted by atomic mass is 9.94. The number of hydrogen-bond donors (Lipinski definition) is 1. The van der Waals surface area contributed by atoms with Crippen molar-refractivity contribution in [3.05, 3.63) is 30.1 Å². The number of carboxylic acids is 1. The minimum atomic E-state index is -0.944. The van der Waals surface area contributed by atoms with Crippen LogP contribution in [0.15, 0.2) is 24.5 Å². The number of hydrogen-bond acceptors (Lipinski definition) is 3. The van der Waals surface area contributed by atoms with Crippen LogP contribution in [0.1, 0.15) is 30.1 Å². The van der Waals surface area contributed by atoms with Gasteiger partial charge in [0, 0.05) is 6.61 Å². The Kier molecular flexibility index (Phi) is 2.78. The van der Waals surface area contributed by atoms with Crippen LogP contribution in [-0.2, 0) is 10.3 Å². The third kappa shape index (κ3) is 1.90. The number of carboxylic acid groups (broad SMARTS) is 1. The Labute approximate surface area is 110 Å². The number of imidazole rings is 1. The highest BCUT2D eigenvalue weighted by atomic mass is 16.5. The quantitative estimate of drug-likeness (QED) is 0.899. The van der Waals surface area contributed by atoms with Gasteiger partial charge in [-0.3, -0.25) is 0 Å². The summed E-state index contributed by atoms with van der Waals surface area (Å²) >= 11 is 0. The lowest BCUT2D eigenvalue weighted by Crippen LogP contribution is -2.38. The van der Waals surface area contributed by atoms with Crippen molar-refractivity contribution < 1.29 is 14.6 Å². The second-order valence-electron chi connectivity index (χ2n) is 5.25. The average molecular weight is 260 g/mol. The van der Waals surface area contributed by atoms with Gasteiger partial charge in [-0.2, -0.15) is 0 Å². The van der Waals surface area contributed by atoms with E-state index < -0.39 is 5.97 Å². The molecule has 1 aromatic carbocycles. The van der Waals surface area contributed by atoms with Gasteiger partial charge in [0.2, 0.25) is 0 Å². The van der Waals surface area contributed by atoms with Crippen LogP contribution in [0, 0.1) is 0 Å². The summed E-state index contributed by atoms with van der Waals surface area (Å²) in [6.45, 7) is 3.55. The Morgan fingerprint density at radius 2 is 2.37 bits per heavy atom. The van der Waals surface area contributed by atoms with Crippen LogP contribution < -0.4 is 0 Å². The first-order valence-electron chi connectivity index (χ1n) is 6.39. The number of fused-ring (bicyclic) bond motifs is 1. The highest BCUT2D eigenvalue weighted by molar-refractivity contribution is 6.00. The molecule has 2 aromatic rings. The van der Waals surface area contributed by atoms with Crippen molar-refractivity contribution >= 4 is 17.0 Å². The molecule has 0 spiro atoms. The Morgan fingerprint density at radius 1 is 1.53 bits per heavy atom. The molecule has 1 N–H and O–H groups in total. The largest absolute Gasteiger partial charge is 0.478 e. The molecule has 1 aliphatic rings. The zero-order valence-electron chi connectivity index (χ0n) is 10.8. The van der Waals surface area contributed by atoms with Crippen molar-refractivity contribution in [3.8, 4) is 0 Å². The van der Waals surface area contributed by atoms with E-state index in [4.69, 9.17) is 4.74 Å². The molecule has 0 saturated carbocycles. The number of nitrogens with zero attached hydrogens (tertiary/aromatic N) is 2. The summed E-state index contributed by atoms with van der Waals surface area (Å²) in [7, 11) is 0. The van der Waals surface area contributed by atoms with E-state index in [1.54, 1.807) is 18.5 Å². The molecule has 1 unspecified atom stereocenters. The standard InChI is InChI=1S/C14H16N2O3/c1-14(6-3-7-19-8-14)16-9-15-12-10(13(17)18)4-2-5-11(12)16/h2,4-5,9H,3,6-8H2,1H3,(H,17,18). The summed E-state index contributed by atoms with van der Waals surface area (Å²) in [6.07, 6.45) is 3.75. The van der Waals surface area contributed by atoms with Gasteiger partial charge in [-0.05, 0) is 31.9 Å². The topological polar surface area (TPSA) is 64.4 Å². The van der Waals surface area contributed by atoms with Crippen molar-refractivity contribution in [2.24, 2.45) is 0 Å². The summed E-state index contributed by atoms with van der Waals surface area (Å²) in [5.41, 5.74) is 1.50. The van der Waals surface area contributed by atoms with E-state index in [2.05, 4.69) is 11.9 Å². The second kappa shape index (κ2) is 4.35. The van der Waals surface area contributed by atoms with Crippen LogP contribution in [0.2, 0.25) is 0 Å². The molecular formula is C14H16N2O3. The molecule has 0 bridgehead atoms. The minimum Gasteiger partial charge on any atom is -0.478 e. The number of carbonyl (C=O) groups is 1. The van der Waals surface area contributed by atoms with Crippen molar-refractivity contribution in [1.29, 1.82) is 0 Å². The van der Waals surface area contributed by atoms with E-state index in [0.717, 1.165) is 25.0 Å². The predicted octanol–water partition coefficient (Wildman–Crippen LogP) is 2.26. The number of rotatable bonds is 2. The molecule has 1 aromatic heterocycles. The Balaban J connectivity index is 2.15. The number of para-hydroxylation sites is 1. The highest BCUT2D eigenvalue weighted by Crippen LogP contribution is 2.31. The zero-order valence-corrected chi connectivity index (χ0v) is 10.8. The number of aromatic nitrogens is 2. The maximum Gasteiger partial charge on any atom is 0.337 e. The molecule has 1 saturated heterocycles. The van der Waals surface area contributed by atoms with Gasteiger partial charge in [0.25, 0.3) is 0 Å². The number of aromatic carboxylic acids is 1. The normalized spacial score (nSPS) is 23.6. The minimum absolute atomic E-state index is 0.149. The highest BCUT2D eigenvalue weighted by Gasteiger charge is 2.31. The first-order valence-corrected chi connectivity index (χ1v) is 6.39. The average Bonchev–Trinajstić information content (AvgIpc) is 2.83. The first kappa shape index (κ1) is 12.2. The van der Waals surface area contributed by atoms with Crippen LogP contribution in [0.3, 0.4) is 0 Å². The number of benzene rings is 1. The molecule has 3 rings (SSSR count). The lowest BCUT2D eigenvalue weighted by Gasteiger charge is -2.35. The van der Waals surface area contributed by atoms with E-state index in [1.807, 2.05) is 10.6 Å². The second-order valence-corrected chi connectivity index (χ2v) is 5.25. The molecule has 1 aliphatic heterocycles. The molecule has 2 heterocycles. The summed E-state index contributed by atoms with van der Waals surface area (Å²) < 4.78 is 7.62. The summed E-state index contributed by atoms with van der Waals surface area (Å²) in [6, 6.07) is 5.26. The molecule has 1 fully saturated rings. The SMILES string of the molecule is CC1(n2cnc3c(C(=O)O)cccc32)CCCOC1. The van der Waals surface area contributed by atoms with Gasteiger partial charge in [0.1, 0.15) is 5.52 Å². The maximum absolute atomic E-state index is 11.2. The molecular weight excluding hydrogens is 244 g/mol. The van der Waals surface area contributed by atoms with Gasteiger partial charge in [0.05, 0.1) is 29.6 Å². The molecule has 0 aliphatic carbocycles. The van der Waals surface area contributed by atoms with E-state index in [1.165, 1.54) is 0 Å². The predicted molar refractivity (Wildman–Crippen MR) is 70.4 cm³/mol. The van der Waals surface area contributed by atoms with Crippen LogP contribution in [-0.4, -0.2) is 33.8 Å². The molecule has 1 atom stereocenters. The van der Waals surface area contributed by atoms with Crippen LogP contribution >= 0.6 is 0 Å². The van der Waals surface area contributed by atoms with Gasteiger partial charge >= 0.3 is 5.97 Å². The molecule has 0 radical (unpaired) electrons. The first-order chi connectivity index (χ1) is 9.12. The Hall–Kier alpha value is -1.88. The molecule has 5 heteroatoms. The van der Waals surface area contributed by atoms with Crippen molar-refractivity contribution in [2.75, 3.05) is 13.2 Å². The van der Waals surface area contributed by atoms with Gasteiger partial charge < -0.3 is 14.4 Å². The fraction of sp³-hybridized carbons (Fsp3) is 0.429. The summed E-state index contributed by atoms with van der Waals surface area (Å²) in [5.74, 6) is -0.944. The molecule has 19 heavy (non-hydrogen) atoms. The van der Waals surface area contributed by atoms with Crippen LogP contribution in [0.25, 0.3) is 11.0 Å². The van der Waals surface area contributed by atoms with Crippen molar-refractivity contribution in [2.45, 2.75) is 25.3 Å². The van der Waals surface area contributed by atoms with Gasteiger partial charge in [0.15, 0.2) is 0 Å². The fourth-order valence-corrected chi connectivity index (χ4v) is 2.75. The van der Waals surface area contributed by atoms with E-state index >= 15 is 0 Å². The Bertz CT molecular complexity index is 627. The summed E-state index contributed by atoms with van der Waals surface area (Å²) in [5, 5.41) is 9.19. The van der Waals surface area contributed by atoms with E-state index in [0.29, 0.717) is 12.1 Å². The van der Waals surface area contributed by atoms with Gasteiger partial charge in [-0.1, -0.05) is 6.07 Å². The zero-order chi connectivity index (χ0) is 13.5. The lowest BCUT2D eigenvalue weighted by molar-refractivity contribution is 0.0114. The number of ether oxygens (including phenoxy) is 1. The van der Waals surface area contributed by atoms with E-state index in [-0.39, 0.29) is 11.1 Å². The third-order valence-corrected chi connectivity index (χ3v) is 3.81. The molecule has 100 valence electrons. The van der Waals surface area contributed by atoms with Crippen molar-refractivity contribution in [1.82, 2.24) is 9.55 Å². The van der Waals surface area contributed by atoms with Crippen molar-refractivity contribution in [3.63, 3.8) is 0 Å². The molecule has 0 amide bonds. The molecule has 5 nitrogen and oxygen atoms in total. The van der Waals surface area contributed by atoms with Gasteiger partial charge in [-0.15, -0.1) is 0 Å². The Morgan fingerprint density at radius 3 is 3.05 bits per heavy atom. The maximum atomic E-state index is 11.2. The van der Waals surface area contributed by atoms with Gasteiger partial charge in [-0.25, -0.2) is 9.78 Å². The third-order valence-electron chi connectivity index (χ3n) is 3.81. The van der Waals surface area contributed by atoms with Crippen LogP contribution in [0.5, 0.6) is 0 Å². The van der Waals surface area contributed by atoms with E-state index in [9.17, 15) is 9.90 Å². The monoisotopic (exact) mass is 260 g/mol.